The average molecular weight is 864 g/mol. The fourth-order valence-electron chi connectivity index (χ4n) is 5.92. The Hall–Kier alpha value is -2.57. The Labute approximate surface area is 359 Å². The van der Waals surface area contributed by atoms with Crippen LogP contribution in [0.1, 0.15) is 135 Å². The van der Waals surface area contributed by atoms with Gasteiger partial charge in [0.1, 0.15) is 11.6 Å². The zero-order valence-electron chi connectivity index (χ0n) is 36.9. The molecule has 0 aliphatic carbocycles. The quantitative estimate of drug-likeness (QED) is 0.0601. The second-order valence-electron chi connectivity index (χ2n) is 14.9. The van der Waals surface area contributed by atoms with E-state index in [0.717, 1.165) is 44.9 Å². The number of ether oxygens (including phenoxy) is 8. The summed E-state index contributed by atoms with van der Waals surface area (Å²) in [5, 5.41) is 21.0. The van der Waals surface area contributed by atoms with Crippen LogP contribution in [-0.4, -0.2) is 152 Å². The summed E-state index contributed by atoms with van der Waals surface area (Å²) in [6.45, 7) is 8.79. The number of carbonyl (C=O) groups excluding carboxylic acids is 3. The van der Waals surface area contributed by atoms with E-state index in [2.05, 4.69) is 5.32 Å². The number of hydrogen-bond donors (Lipinski definition) is 3. The summed E-state index contributed by atoms with van der Waals surface area (Å²) in [5.74, 6) is -2.82. The van der Waals surface area contributed by atoms with Crippen molar-refractivity contribution in [1.29, 1.82) is 0 Å². The topological polar surface area (TPSA) is 212 Å². The first-order valence-electron chi connectivity index (χ1n) is 22.6. The number of carboxylic acid groups (broad SMARTS) is 2. The highest BCUT2D eigenvalue weighted by Gasteiger charge is 2.22. The van der Waals surface area contributed by atoms with Crippen LogP contribution in [0.2, 0.25) is 0 Å². The number of aliphatic carboxylic acids is 2. The van der Waals surface area contributed by atoms with Gasteiger partial charge in [0.05, 0.1) is 112 Å². The molecule has 0 bridgehead atoms. The molecular weight excluding hydrogens is 782 g/mol. The molecule has 0 rings (SSSR count). The number of Topliss-reactive ketones (excluding diaryl/α,β-unsaturated/α-hetero) is 2. The van der Waals surface area contributed by atoms with Crippen molar-refractivity contribution >= 4 is 29.4 Å². The van der Waals surface area contributed by atoms with E-state index in [1.54, 1.807) is 0 Å². The van der Waals surface area contributed by atoms with Gasteiger partial charge in [-0.3, -0.25) is 24.0 Å². The van der Waals surface area contributed by atoms with E-state index in [4.69, 9.17) is 43.0 Å². The van der Waals surface area contributed by atoms with Gasteiger partial charge in [-0.25, -0.2) is 0 Å². The van der Waals surface area contributed by atoms with Gasteiger partial charge in [-0.2, -0.15) is 0 Å². The first kappa shape index (κ1) is 57.4. The smallest absolute Gasteiger partial charge is 0.306 e. The van der Waals surface area contributed by atoms with E-state index in [9.17, 15) is 29.1 Å². The van der Waals surface area contributed by atoms with E-state index in [0.29, 0.717) is 125 Å². The lowest BCUT2D eigenvalue weighted by atomic mass is 9.94. The van der Waals surface area contributed by atoms with Crippen molar-refractivity contribution in [2.45, 2.75) is 135 Å². The third-order valence-electron chi connectivity index (χ3n) is 9.41. The number of nitrogens with one attached hydrogen (secondary N) is 1. The molecule has 0 unspecified atom stereocenters. The molecule has 0 fully saturated rings. The Morgan fingerprint density at radius 3 is 1.10 bits per heavy atom. The van der Waals surface area contributed by atoms with E-state index in [-0.39, 0.29) is 43.2 Å². The molecule has 0 saturated carbocycles. The Morgan fingerprint density at radius 2 is 0.750 bits per heavy atom. The predicted octanol–water partition coefficient (Wildman–Crippen LogP) is 5.98. The number of amides is 1. The van der Waals surface area contributed by atoms with E-state index < -0.39 is 17.9 Å². The molecule has 0 aromatic rings. The number of ketones is 2. The maximum atomic E-state index is 12.4. The largest absolute Gasteiger partial charge is 0.481 e. The van der Waals surface area contributed by atoms with Crippen molar-refractivity contribution in [3.63, 3.8) is 0 Å². The first-order chi connectivity index (χ1) is 29.2. The van der Waals surface area contributed by atoms with E-state index in [1.165, 1.54) is 51.9 Å². The lowest BCUT2D eigenvalue weighted by Crippen LogP contribution is -2.29. The summed E-state index contributed by atoms with van der Waals surface area (Å²) in [4.78, 5) is 57.7. The standard InChI is InChI=1S/C44H81NO15/c1-39(46)20-22-53-24-26-55-28-30-57-32-34-59-36-37-60-35-33-58-31-29-56-27-25-54-23-21-45-42(48)19-18-40(44(51)52)38-41(47)16-14-12-10-8-6-4-2-3-5-7-9-11-13-15-17-43(49)50/h40H,2-38H2,1H3,(H,45,48)(H,49,50)(H,51,52)/t40-/m1/s1. The summed E-state index contributed by atoms with van der Waals surface area (Å²) < 4.78 is 43.4. The van der Waals surface area contributed by atoms with Gasteiger partial charge in [-0.15, -0.1) is 0 Å². The fraction of sp³-hybridized carbons (Fsp3) is 0.886. The average Bonchev–Trinajstić information content (AvgIpc) is 3.21. The van der Waals surface area contributed by atoms with Crippen molar-refractivity contribution in [3.8, 4) is 0 Å². The summed E-state index contributed by atoms with van der Waals surface area (Å²) in [7, 11) is 0. The molecule has 0 aromatic carbocycles. The minimum absolute atomic E-state index is 0.0391. The third kappa shape index (κ3) is 46.5. The highest BCUT2D eigenvalue weighted by molar-refractivity contribution is 5.84. The molecule has 1 atom stereocenters. The maximum Gasteiger partial charge on any atom is 0.306 e. The Kier molecular flexibility index (Phi) is 44.0. The van der Waals surface area contributed by atoms with Crippen molar-refractivity contribution in [2.24, 2.45) is 5.92 Å². The molecule has 352 valence electrons. The molecule has 0 heterocycles. The minimum Gasteiger partial charge on any atom is -0.481 e. The van der Waals surface area contributed by atoms with E-state index >= 15 is 0 Å². The van der Waals surface area contributed by atoms with Gasteiger partial charge in [0.25, 0.3) is 0 Å². The summed E-state index contributed by atoms with van der Waals surface area (Å²) >= 11 is 0. The second-order valence-corrected chi connectivity index (χ2v) is 14.9. The van der Waals surface area contributed by atoms with Crippen LogP contribution in [0, 0.1) is 5.92 Å². The molecular formula is C44H81NO15. The predicted molar refractivity (Wildman–Crippen MR) is 226 cm³/mol. The van der Waals surface area contributed by atoms with Crippen LogP contribution >= 0.6 is 0 Å². The van der Waals surface area contributed by atoms with Crippen LogP contribution in [0.3, 0.4) is 0 Å². The highest BCUT2D eigenvalue weighted by atomic mass is 16.6. The molecule has 16 nitrogen and oxygen atoms in total. The fourth-order valence-corrected chi connectivity index (χ4v) is 5.92. The lowest BCUT2D eigenvalue weighted by Gasteiger charge is -2.12. The molecule has 0 aromatic heterocycles. The van der Waals surface area contributed by atoms with Crippen LogP contribution < -0.4 is 5.32 Å². The Bertz CT molecular complexity index is 1030. The van der Waals surface area contributed by atoms with Gasteiger partial charge >= 0.3 is 11.9 Å². The molecule has 1 amide bonds. The monoisotopic (exact) mass is 864 g/mol. The van der Waals surface area contributed by atoms with E-state index in [1.807, 2.05) is 0 Å². The van der Waals surface area contributed by atoms with Crippen molar-refractivity contribution in [2.75, 3.05) is 112 Å². The molecule has 3 N–H and O–H groups in total. The molecule has 0 aliphatic heterocycles. The second kappa shape index (κ2) is 45.9. The number of carboxylic acids is 2. The van der Waals surface area contributed by atoms with Crippen molar-refractivity contribution < 1.29 is 72.1 Å². The van der Waals surface area contributed by atoms with Crippen molar-refractivity contribution in [3.05, 3.63) is 0 Å². The Morgan fingerprint density at radius 1 is 0.417 bits per heavy atom. The van der Waals surface area contributed by atoms with Gasteiger partial charge in [-0.05, 0) is 26.2 Å². The van der Waals surface area contributed by atoms with Gasteiger partial charge in [0.2, 0.25) is 5.91 Å². The molecule has 0 aliphatic rings. The maximum absolute atomic E-state index is 12.4. The molecule has 0 saturated heterocycles. The number of rotatable bonds is 50. The molecule has 16 heteroatoms. The van der Waals surface area contributed by atoms with Crippen LogP contribution in [0.4, 0.5) is 0 Å². The Balaban J connectivity index is 3.48. The van der Waals surface area contributed by atoms with Gasteiger partial charge in [0, 0.05) is 38.6 Å². The number of carbonyl (C=O) groups is 5. The molecule has 0 spiro atoms. The van der Waals surface area contributed by atoms with Crippen LogP contribution in [0.5, 0.6) is 0 Å². The zero-order chi connectivity index (χ0) is 44.0. The summed E-state index contributed by atoms with van der Waals surface area (Å²) in [6, 6.07) is 0. The van der Waals surface area contributed by atoms with Crippen LogP contribution in [0.25, 0.3) is 0 Å². The molecule has 0 radical (unpaired) electrons. The van der Waals surface area contributed by atoms with Crippen molar-refractivity contribution in [1.82, 2.24) is 5.32 Å². The SMILES string of the molecule is CC(=O)CCOCCOCCOCCOCCOCCOCCOCCOCCNC(=O)CC[C@H](CC(=O)CCCCCCCCCCCCCCCCC(=O)O)C(=O)O. The summed E-state index contributed by atoms with van der Waals surface area (Å²) in [5.41, 5.74) is 0. The van der Waals surface area contributed by atoms with Gasteiger partial charge in [0.15, 0.2) is 0 Å². The van der Waals surface area contributed by atoms with Gasteiger partial charge < -0.3 is 53.4 Å². The number of hydrogen-bond acceptors (Lipinski definition) is 13. The minimum atomic E-state index is -1.05. The first-order valence-corrected chi connectivity index (χ1v) is 22.6. The zero-order valence-corrected chi connectivity index (χ0v) is 36.9. The summed E-state index contributed by atoms with van der Waals surface area (Å²) in [6.07, 6.45) is 16.7. The molecule has 60 heavy (non-hydrogen) atoms. The van der Waals surface area contributed by atoms with Crippen LogP contribution in [0.15, 0.2) is 0 Å². The number of unbranched alkanes of at least 4 members (excludes halogenated alkanes) is 13. The third-order valence-corrected chi connectivity index (χ3v) is 9.41. The van der Waals surface area contributed by atoms with Crippen LogP contribution in [-0.2, 0) is 61.9 Å². The highest BCUT2D eigenvalue weighted by Crippen LogP contribution is 2.17. The van der Waals surface area contributed by atoms with Gasteiger partial charge in [-0.1, -0.05) is 77.0 Å². The normalized spacial score (nSPS) is 11.8. The lowest BCUT2D eigenvalue weighted by molar-refractivity contribution is -0.144.